The van der Waals surface area contributed by atoms with E-state index in [-0.39, 0.29) is 5.60 Å². The number of alkyl halides is 1. The third-order valence-electron chi connectivity index (χ3n) is 3.68. The molecule has 2 heterocycles. The van der Waals surface area contributed by atoms with E-state index < -0.39 is 0 Å². The molecule has 0 aromatic carbocycles. The van der Waals surface area contributed by atoms with Crippen molar-refractivity contribution in [2.45, 2.75) is 44.1 Å². The van der Waals surface area contributed by atoms with Crippen LogP contribution in [0.5, 0.6) is 0 Å². The highest BCUT2D eigenvalue weighted by Crippen LogP contribution is 2.35. The van der Waals surface area contributed by atoms with Crippen molar-refractivity contribution < 1.29 is 9.47 Å². The van der Waals surface area contributed by atoms with Gasteiger partial charge in [-0.3, -0.25) is 0 Å². The average Bonchev–Trinajstić information content (AvgIpc) is 2.32. The first-order valence-corrected chi connectivity index (χ1v) is 7.24. The molecule has 0 aromatic rings. The summed E-state index contributed by atoms with van der Waals surface area (Å²) in [5.74, 6) is 0.814. The molecule has 0 radical (unpaired) electrons. The molecule has 1 atom stereocenters. The molecule has 0 bridgehead atoms. The molecule has 0 spiro atoms. The maximum atomic E-state index is 6.03. The highest BCUT2D eigenvalue weighted by Gasteiger charge is 2.35. The fraction of sp³-hybridized carbons (Fsp3) is 1.00. The third-order valence-corrected chi connectivity index (χ3v) is 4.70. The Labute approximate surface area is 101 Å². The van der Waals surface area contributed by atoms with E-state index in [2.05, 4.69) is 15.9 Å². The van der Waals surface area contributed by atoms with Gasteiger partial charge in [0.15, 0.2) is 0 Å². The smallest absolute Gasteiger partial charge is 0.0781 e. The summed E-state index contributed by atoms with van der Waals surface area (Å²) in [5.41, 5.74) is 0.139. The summed E-state index contributed by atoms with van der Waals surface area (Å²) >= 11 is 3.64. The number of hydrogen-bond donors (Lipinski definition) is 0. The third kappa shape index (κ3) is 3.18. The summed E-state index contributed by atoms with van der Waals surface area (Å²) in [6, 6.07) is 0. The molecule has 15 heavy (non-hydrogen) atoms. The molecule has 2 aliphatic heterocycles. The Kier molecular flexibility index (Phi) is 4.47. The van der Waals surface area contributed by atoms with Gasteiger partial charge >= 0.3 is 0 Å². The lowest BCUT2D eigenvalue weighted by molar-refractivity contribution is -0.0828. The van der Waals surface area contributed by atoms with E-state index in [1.807, 2.05) is 0 Å². The normalized spacial score (nSPS) is 34.2. The molecular formula is C12H21BrO2. The van der Waals surface area contributed by atoms with Gasteiger partial charge in [0.05, 0.1) is 5.60 Å². The van der Waals surface area contributed by atoms with Crippen LogP contribution in [0.3, 0.4) is 0 Å². The summed E-state index contributed by atoms with van der Waals surface area (Å²) in [5, 5.41) is 0.997. The minimum atomic E-state index is 0.139. The van der Waals surface area contributed by atoms with E-state index in [0.717, 1.165) is 31.1 Å². The van der Waals surface area contributed by atoms with Crippen LogP contribution in [0, 0.1) is 5.92 Å². The van der Waals surface area contributed by atoms with Crippen LogP contribution in [0.15, 0.2) is 0 Å². The molecular weight excluding hydrogens is 256 g/mol. The first-order valence-electron chi connectivity index (χ1n) is 6.12. The molecule has 2 saturated heterocycles. The van der Waals surface area contributed by atoms with Crippen molar-refractivity contribution in [2.24, 2.45) is 5.92 Å². The van der Waals surface area contributed by atoms with E-state index >= 15 is 0 Å². The van der Waals surface area contributed by atoms with Gasteiger partial charge in [-0.25, -0.2) is 0 Å². The van der Waals surface area contributed by atoms with Crippen LogP contribution in [0.4, 0.5) is 0 Å². The van der Waals surface area contributed by atoms with Gasteiger partial charge in [0.1, 0.15) is 0 Å². The Morgan fingerprint density at radius 2 is 1.93 bits per heavy atom. The van der Waals surface area contributed by atoms with Crippen LogP contribution in [0.1, 0.15) is 38.5 Å². The van der Waals surface area contributed by atoms with E-state index in [1.54, 1.807) is 0 Å². The number of halogens is 1. The van der Waals surface area contributed by atoms with Crippen molar-refractivity contribution >= 4 is 15.9 Å². The standard InChI is InChI=1S/C12H21BrO2/c13-10-12(5-1-2-6-15-12)9-11-3-7-14-8-4-11/h11H,1-10H2. The zero-order valence-corrected chi connectivity index (χ0v) is 10.9. The average molecular weight is 277 g/mol. The molecule has 2 fully saturated rings. The molecule has 0 saturated carbocycles. The van der Waals surface area contributed by atoms with E-state index in [1.165, 1.54) is 38.5 Å². The lowest BCUT2D eigenvalue weighted by Gasteiger charge is -2.39. The van der Waals surface area contributed by atoms with Crippen LogP contribution in [0.25, 0.3) is 0 Å². The molecule has 2 nitrogen and oxygen atoms in total. The second-order valence-electron chi connectivity index (χ2n) is 4.88. The van der Waals surface area contributed by atoms with Crippen LogP contribution in [0.2, 0.25) is 0 Å². The van der Waals surface area contributed by atoms with Gasteiger partial charge in [0.2, 0.25) is 0 Å². The number of ether oxygens (including phenoxy) is 2. The van der Waals surface area contributed by atoms with Crippen molar-refractivity contribution in [1.82, 2.24) is 0 Å². The fourth-order valence-electron chi connectivity index (χ4n) is 2.71. The molecule has 2 rings (SSSR count). The molecule has 0 N–H and O–H groups in total. The van der Waals surface area contributed by atoms with Crippen molar-refractivity contribution in [2.75, 3.05) is 25.2 Å². The van der Waals surface area contributed by atoms with Gasteiger partial charge in [-0.05, 0) is 44.4 Å². The van der Waals surface area contributed by atoms with Crippen molar-refractivity contribution in [3.8, 4) is 0 Å². The van der Waals surface area contributed by atoms with E-state index in [9.17, 15) is 0 Å². The molecule has 0 aromatic heterocycles. The van der Waals surface area contributed by atoms with Crippen LogP contribution >= 0.6 is 15.9 Å². The van der Waals surface area contributed by atoms with Crippen LogP contribution in [-0.2, 0) is 9.47 Å². The maximum Gasteiger partial charge on any atom is 0.0781 e. The number of hydrogen-bond acceptors (Lipinski definition) is 2. The Hall–Kier alpha value is 0.400. The topological polar surface area (TPSA) is 18.5 Å². The molecule has 1 unspecified atom stereocenters. The number of rotatable bonds is 3. The predicted molar refractivity (Wildman–Crippen MR) is 64.5 cm³/mol. The SMILES string of the molecule is BrCC1(CC2CCOCC2)CCCCO1. The quantitative estimate of drug-likeness (QED) is 0.738. The molecule has 2 aliphatic rings. The lowest BCUT2D eigenvalue weighted by Crippen LogP contribution is -2.40. The highest BCUT2D eigenvalue weighted by atomic mass is 79.9. The van der Waals surface area contributed by atoms with Crippen LogP contribution in [-0.4, -0.2) is 30.8 Å². The maximum absolute atomic E-state index is 6.03. The van der Waals surface area contributed by atoms with Gasteiger partial charge < -0.3 is 9.47 Å². The Balaban J connectivity index is 1.87. The Bertz CT molecular complexity index is 184. The second kappa shape index (κ2) is 5.65. The Morgan fingerprint density at radius 3 is 2.53 bits per heavy atom. The zero-order valence-electron chi connectivity index (χ0n) is 9.34. The molecule has 0 amide bonds. The zero-order chi connectivity index (χ0) is 10.6. The highest BCUT2D eigenvalue weighted by molar-refractivity contribution is 9.09. The molecule has 3 heteroatoms. The van der Waals surface area contributed by atoms with Crippen molar-refractivity contribution in [3.05, 3.63) is 0 Å². The minimum Gasteiger partial charge on any atom is -0.381 e. The van der Waals surface area contributed by atoms with Gasteiger partial charge in [-0.15, -0.1) is 0 Å². The summed E-state index contributed by atoms with van der Waals surface area (Å²) in [4.78, 5) is 0. The summed E-state index contributed by atoms with van der Waals surface area (Å²) < 4.78 is 11.4. The van der Waals surface area contributed by atoms with Gasteiger partial charge in [-0.2, -0.15) is 0 Å². The van der Waals surface area contributed by atoms with Gasteiger partial charge in [0, 0.05) is 25.2 Å². The van der Waals surface area contributed by atoms with Crippen molar-refractivity contribution in [1.29, 1.82) is 0 Å². The van der Waals surface area contributed by atoms with E-state index in [0.29, 0.717) is 0 Å². The Morgan fingerprint density at radius 1 is 1.13 bits per heavy atom. The predicted octanol–water partition coefficient (Wildman–Crippen LogP) is 3.14. The first-order chi connectivity index (χ1) is 7.35. The van der Waals surface area contributed by atoms with Gasteiger partial charge in [-0.1, -0.05) is 15.9 Å². The van der Waals surface area contributed by atoms with E-state index in [4.69, 9.17) is 9.47 Å². The minimum absolute atomic E-state index is 0.139. The largest absolute Gasteiger partial charge is 0.381 e. The van der Waals surface area contributed by atoms with Crippen LogP contribution < -0.4 is 0 Å². The van der Waals surface area contributed by atoms with Crippen molar-refractivity contribution in [3.63, 3.8) is 0 Å². The fourth-order valence-corrected chi connectivity index (χ4v) is 3.38. The lowest BCUT2D eigenvalue weighted by atomic mass is 9.83. The molecule has 88 valence electrons. The molecule has 0 aliphatic carbocycles. The second-order valence-corrected chi connectivity index (χ2v) is 5.44. The van der Waals surface area contributed by atoms with Gasteiger partial charge in [0.25, 0.3) is 0 Å². The monoisotopic (exact) mass is 276 g/mol. The summed E-state index contributed by atoms with van der Waals surface area (Å²) in [7, 11) is 0. The summed E-state index contributed by atoms with van der Waals surface area (Å²) in [6.07, 6.45) is 7.46. The summed E-state index contributed by atoms with van der Waals surface area (Å²) in [6.45, 7) is 2.85. The first kappa shape index (κ1) is 11.9.